The van der Waals surface area contributed by atoms with Crippen LogP contribution < -0.4 is 0 Å². The first-order valence-corrected chi connectivity index (χ1v) is 10.00. The van der Waals surface area contributed by atoms with Crippen LogP contribution in [0.2, 0.25) is 0 Å². The molecule has 1 unspecified atom stereocenters. The molecule has 25 heavy (non-hydrogen) atoms. The summed E-state index contributed by atoms with van der Waals surface area (Å²) < 4.78 is 4.46. The molecular formula is C22H45O2P. The van der Waals surface area contributed by atoms with Crippen molar-refractivity contribution in [3.8, 4) is 5.75 Å². The van der Waals surface area contributed by atoms with Gasteiger partial charge in [-0.3, -0.25) is 0 Å². The first kappa shape index (κ1) is 29.2. The Morgan fingerprint density at radius 1 is 0.920 bits per heavy atom. The highest BCUT2D eigenvalue weighted by atomic mass is 31.0. The van der Waals surface area contributed by atoms with Crippen LogP contribution in [0.1, 0.15) is 99.3 Å². The number of rotatable bonds is 1. The van der Waals surface area contributed by atoms with Gasteiger partial charge in [-0.2, -0.15) is 0 Å². The number of aromatic hydroxyl groups is 1. The third kappa shape index (κ3) is 13.3. The lowest BCUT2D eigenvalue weighted by Crippen LogP contribution is -2.17. The highest BCUT2D eigenvalue weighted by molar-refractivity contribution is 7.09. The van der Waals surface area contributed by atoms with Crippen LogP contribution in [0.5, 0.6) is 5.75 Å². The maximum absolute atomic E-state index is 10.1. The second kappa shape index (κ2) is 14.6. The molecule has 0 saturated heterocycles. The van der Waals surface area contributed by atoms with Crippen LogP contribution in [0.4, 0.5) is 0 Å². The summed E-state index contributed by atoms with van der Waals surface area (Å²) >= 11 is 0. The first-order chi connectivity index (χ1) is 11.4. The third-order valence-corrected chi connectivity index (χ3v) is 3.47. The molecule has 0 heterocycles. The average molecular weight is 373 g/mol. The van der Waals surface area contributed by atoms with Crippen molar-refractivity contribution >= 4 is 9.47 Å². The highest BCUT2D eigenvalue weighted by Gasteiger charge is 2.23. The molecule has 0 saturated carbocycles. The van der Waals surface area contributed by atoms with Crippen LogP contribution in [0.25, 0.3) is 0 Å². The van der Waals surface area contributed by atoms with E-state index in [0.29, 0.717) is 5.75 Å². The number of phenols is 1. The normalized spacial score (nSPS) is 10.4. The van der Waals surface area contributed by atoms with Crippen molar-refractivity contribution in [2.75, 3.05) is 6.61 Å². The maximum Gasteiger partial charge on any atom is 0.122 e. The molecule has 150 valence electrons. The highest BCUT2D eigenvalue weighted by Crippen LogP contribution is 2.37. The van der Waals surface area contributed by atoms with E-state index in [1.54, 1.807) is 0 Å². The standard InChI is InChI=1S/C15H24O.C3H8.C2H7OP.C2H6/c1-10-8-11(14(2,3)4)9-12(13(10)16)15(5,6)7;1-3-2;1-2-3-4;1-2/h8-9,16H,1-7H3;3H2,1-2H3;2,4H2,1H3;1-2H3. The van der Waals surface area contributed by atoms with Gasteiger partial charge in [-0.05, 0) is 41.4 Å². The molecule has 0 amide bonds. The molecule has 0 spiro atoms. The van der Waals surface area contributed by atoms with Crippen molar-refractivity contribution in [1.82, 2.24) is 0 Å². The molecular weight excluding hydrogens is 327 g/mol. The molecule has 0 aliphatic heterocycles. The van der Waals surface area contributed by atoms with Crippen molar-refractivity contribution in [2.24, 2.45) is 0 Å². The largest absolute Gasteiger partial charge is 0.507 e. The molecule has 0 aliphatic carbocycles. The van der Waals surface area contributed by atoms with E-state index in [0.717, 1.165) is 17.7 Å². The van der Waals surface area contributed by atoms with E-state index in [-0.39, 0.29) is 10.8 Å². The van der Waals surface area contributed by atoms with Gasteiger partial charge in [-0.1, -0.05) is 87.8 Å². The van der Waals surface area contributed by atoms with Gasteiger partial charge in [-0.25, -0.2) is 0 Å². The Balaban J connectivity index is -0.000000452. The molecule has 0 radical (unpaired) electrons. The van der Waals surface area contributed by atoms with E-state index >= 15 is 0 Å². The van der Waals surface area contributed by atoms with E-state index in [9.17, 15) is 5.11 Å². The molecule has 1 aromatic carbocycles. The van der Waals surface area contributed by atoms with Gasteiger partial charge in [0.05, 0.1) is 0 Å². The Bertz CT molecular complexity index is 439. The molecule has 0 aromatic heterocycles. The van der Waals surface area contributed by atoms with Crippen molar-refractivity contribution in [3.05, 3.63) is 28.8 Å². The summed E-state index contributed by atoms with van der Waals surface area (Å²) in [7, 11) is 2.16. The van der Waals surface area contributed by atoms with E-state index < -0.39 is 0 Å². The number of benzene rings is 1. The molecule has 1 rings (SSSR count). The summed E-state index contributed by atoms with van der Waals surface area (Å²) in [4.78, 5) is 0. The predicted octanol–water partition coefficient (Wildman–Crippen LogP) is 7.55. The van der Waals surface area contributed by atoms with Crippen LogP contribution >= 0.6 is 9.47 Å². The van der Waals surface area contributed by atoms with E-state index in [4.69, 9.17) is 0 Å². The van der Waals surface area contributed by atoms with Crippen molar-refractivity contribution < 1.29 is 9.63 Å². The zero-order valence-electron chi connectivity index (χ0n) is 19.0. The van der Waals surface area contributed by atoms with Gasteiger partial charge in [0.2, 0.25) is 0 Å². The maximum atomic E-state index is 10.1. The van der Waals surface area contributed by atoms with E-state index in [2.05, 4.69) is 81.5 Å². The van der Waals surface area contributed by atoms with E-state index in [1.807, 2.05) is 27.7 Å². The molecule has 1 N–H and O–H groups in total. The van der Waals surface area contributed by atoms with Gasteiger partial charge >= 0.3 is 0 Å². The predicted molar refractivity (Wildman–Crippen MR) is 119 cm³/mol. The van der Waals surface area contributed by atoms with E-state index in [1.165, 1.54) is 12.0 Å². The lowest BCUT2D eigenvalue weighted by molar-refractivity contribution is 0.400. The minimum Gasteiger partial charge on any atom is -0.507 e. The smallest absolute Gasteiger partial charge is 0.122 e. The van der Waals surface area contributed by atoms with Crippen LogP contribution in [0, 0.1) is 6.92 Å². The molecule has 3 heteroatoms. The molecule has 0 fully saturated rings. The van der Waals surface area contributed by atoms with Crippen molar-refractivity contribution in [1.29, 1.82) is 0 Å². The summed E-state index contributed by atoms with van der Waals surface area (Å²) in [6, 6.07) is 4.23. The molecule has 0 aliphatic rings. The second-order valence-electron chi connectivity index (χ2n) is 7.85. The average Bonchev–Trinajstić information content (AvgIpc) is 2.50. The number of hydrogen-bond acceptors (Lipinski definition) is 2. The Kier molecular flexibility index (Phi) is 17.0. The molecule has 1 atom stereocenters. The Labute approximate surface area is 161 Å². The van der Waals surface area contributed by atoms with Crippen molar-refractivity contribution in [3.63, 3.8) is 0 Å². The summed E-state index contributed by atoms with van der Waals surface area (Å²) in [5.74, 6) is 0.445. The second-order valence-corrected chi connectivity index (χ2v) is 8.19. The van der Waals surface area contributed by atoms with Gasteiger partial charge in [0, 0.05) is 16.1 Å². The Morgan fingerprint density at radius 3 is 1.52 bits per heavy atom. The lowest BCUT2D eigenvalue weighted by Gasteiger charge is -2.26. The Hall–Kier alpha value is -0.590. The number of aryl methyl sites for hydroxylation is 1. The third-order valence-electron chi connectivity index (χ3n) is 3.14. The zero-order chi connectivity index (χ0) is 20.8. The number of phenolic OH excluding ortho intramolecular Hbond substituents is 1. The minimum absolute atomic E-state index is 0.0178. The van der Waals surface area contributed by atoms with Crippen LogP contribution in [-0.4, -0.2) is 11.7 Å². The van der Waals surface area contributed by atoms with Crippen LogP contribution in [0.15, 0.2) is 12.1 Å². The monoisotopic (exact) mass is 372 g/mol. The Morgan fingerprint density at radius 2 is 1.28 bits per heavy atom. The van der Waals surface area contributed by atoms with Gasteiger partial charge in [0.25, 0.3) is 0 Å². The van der Waals surface area contributed by atoms with Crippen molar-refractivity contribution in [2.45, 2.75) is 100 Å². The summed E-state index contributed by atoms with van der Waals surface area (Å²) in [5, 5.41) is 10.1. The summed E-state index contributed by atoms with van der Waals surface area (Å²) in [6.45, 7) is 25.9. The quantitative estimate of drug-likeness (QED) is 0.516. The fourth-order valence-electron chi connectivity index (χ4n) is 1.78. The fraction of sp³-hybridized carbons (Fsp3) is 0.727. The fourth-order valence-corrected chi connectivity index (χ4v) is 1.78. The van der Waals surface area contributed by atoms with Gasteiger partial charge in [-0.15, -0.1) is 0 Å². The summed E-state index contributed by atoms with van der Waals surface area (Å²) in [5.41, 5.74) is 3.40. The molecule has 1 aromatic rings. The minimum atomic E-state index is -0.0178. The van der Waals surface area contributed by atoms with Gasteiger partial charge in [0.1, 0.15) is 5.75 Å². The zero-order valence-corrected chi connectivity index (χ0v) is 20.2. The summed E-state index contributed by atoms with van der Waals surface area (Å²) in [6.07, 6.45) is 1.25. The SMILES string of the molecule is CC.CCC.CCOP.Cc1cc(C(C)(C)C)cc(C(C)(C)C)c1O. The van der Waals surface area contributed by atoms with Gasteiger partial charge < -0.3 is 9.63 Å². The molecule has 0 bridgehead atoms. The first-order valence-electron chi connectivity index (χ1n) is 9.52. The topological polar surface area (TPSA) is 29.5 Å². The lowest BCUT2D eigenvalue weighted by atomic mass is 9.79. The number of hydrogen-bond donors (Lipinski definition) is 1. The van der Waals surface area contributed by atoms with Crippen LogP contribution in [0.3, 0.4) is 0 Å². The molecule has 2 nitrogen and oxygen atoms in total. The van der Waals surface area contributed by atoms with Gasteiger partial charge in [0.15, 0.2) is 0 Å². The van der Waals surface area contributed by atoms with Crippen LogP contribution in [-0.2, 0) is 15.4 Å².